The molecule has 0 radical (unpaired) electrons. The molecule has 1 unspecified atom stereocenters. The maximum atomic E-state index is 13.5. The van der Waals surface area contributed by atoms with Crippen molar-refractivity contribution in [3.05, 3.63) is 45.7 Å². The Morgan fingerprint density at radius 3 is 2.82 bits per heavy atom. The average Bonchev–Trinajstić information content (AvgIpc) is 3.36. The number of halogens is 1. The molecule has 10 heteroatoms. The Morgan fingerprint density at radius 2 is 2.06 bits per heavy atom. The molecule has 0 aliphatic carbocycles. The van der Waals surface area contributed by atoms with Gasteiger partial charge in [0.25, 0.3) is 5.56 Å². The first-order valence-corrected chi connectivity index (χ1v) is 11.2. The maximum absolute atomic E-state index is 13.5. The van der Waals surface area contributed by atoms with Gasteiger partial charge in [-0.3, -0.25) is 9.36 Å². The molecule has 4 heterocycles. The van der Waals surface area contributed by atoms with Gasteiger partial charge in [0.05, 0.1) is 12.7 Å². The Labute approximate surface area is 203 Å². The van der Waals surface area contributed by atoms with Crippen molar-refractivity contribution in [2.75, 3.05) is 18.0 Å². The van der Waals surface area contributed by atoms with E-state index in [2.05, 4.69) is 32.9 Å². The Bertz CT molecular complexity index is 1470. The quantitative estimate of drug-likeness (QED) is 0.446. The van der Waals surface area contributed by atoms with Crippen molar-refractivity contribution in [1.82, 2.24) is 24.3 Å². The van der Waals surface area contributed by atoms with Crippen LogP contribution < -0.4 is 16.2 Å². The lowest BCUT2D eigenvalue weighted by molar-refractivity contribution is 0.481. The van der Waals surface area contributed by atoms with E-state index in [9.17, 15) is 4.79 Å². The van der Waals surface area contributed by atoms with Crippen molar-refractivity contribution in [1.29, 1.82) is 0 Å². The van der Waals surface area contributed by atoms with Crippen molar-refractivity contribution in [2.24, 2.45) is 5.73 Å². The van der Waals surface area contributed by atoms with Gasteiger partial charge in [0.15, 0.2) is 5.58 Å². The highest BCUT2D eigenvalue weighted by Gasteiger charge is 2.24. The molecule has 1 atom stereocenters. The summed E-state index contributed by atoms with van der Waals surface area (Å²) in [6.45, 7) is 7.85. The van der Waals surface area contributed by atoms with Gasteiger partial charge >= 0.3 is 0 Å². The lowest BCUT2D eigenvalue weighted by atomic mass is 10.1. The third kappa shape index (κ3) is 4.27. The van der Waals surface area contributed by atoms with Crippen LogP contribution in [0.25, 0.3) is 22.1 Å². The molecule has 1 aromatic carbocycles. The second-order valence-electron chi connectivity index (χ2n) is 8.65. The fourth-order valence-electron chi connectivity index (χ4n) is 4.55. The van der Waals surface area contributed by atoms with E-state index in [-0.39, 0.29) is 30.6 Å². The predicted octanol–water partition coefficient (Wildman–Crippen LogP) is 2.77. The lowest BCUT2D eigenvalue weighted by Crippen LogP contribution is -2.44. The molecule has 0 bridgehead atoms. The monoisotopic (exact) mass is 481 g/mol. The number of fused-ring (bicyclic) bond motifs is 2. The first kappa shape index (κ1) is 23.8. The number of imidazole rings is 1. The Balaban J connectivity index is 0.00000274. The zero-order valence-electron chi connectivity index (χ0n) is 19.5. The van der Waals surface area contributed by atoms with Crippen LogP contribution in [0.4, 0.5) is 5.95 Å². The summed E-state index contributed by atoms with van der Waals surface area (Å²) in [5.74, 6) is 7.15. The number of aryl methyl sites for hydroxylation is 2. The van der Waals surface area contributed by atoms with Gasteiger partial charge in [-0.1, -0.05) is 12.0 Å². The minimum Gasteiger partial charge on any atom is -0.438 e. The van der Waals surface area contributed by atoms with Crippen molar-refractivity contribution in [2.45, 2.75) is 52.7 Å². The van der Waals surface area contributed by atoms with Crippen LogP contribution in [0.1, 0.15) is 36.8 Å². The van der Waals surface area contributed by atoms with Crippen LogP contribution in [-0.2, 0) is 13.1 Å². The lowest BCUT2D eigenvalue weighted by Gasteiger charge is -2.31. The number of piperidine rings is 1. The molecule has 1 aliphatic rings. The molecule has 4 aromatic rings. The number of nitrogens with two attached hydrogens (primary N) is 1. The Morgan fingerprint density at radius 1 is 1.24 bits per heavy atom. The molecule has 1 fully saturated rings. The number of hydrogen-bond acceptors (Lipinski definition) is 7. The van der Waals surface area contributed by atoms with E-state index in [1.54, 1.807) is 13.1 Å². The largest absolute Gasteiger partial charge is 0.438 e. The SMILES string of the molecule is CC#CCn1c(N2CCCC(N)C2)nc2cnn(Cc3nc4cc(C)cc(C)c4o3)c(=O)c21.Cl. The summed E-state index contributed by atoms with van der Waals surface area (Å²) in [5.41, 5.74) is 10.6. The van der Waals surface area contributed by atoms with E-state index in [0.29, 0.717) is 36.0 Å². The molecule has 34 heavy (non-hydrogen) atoms. The second-order valence-corrected chi connectivity index (χ2v) is 8.65. The van der Waals surface area contributed by atoms with E-state index < -0.39 is 0 Å². The standard InChI is InChI=1S/C24H27N7O2.ClH/c1-4-5-9-30-21-19(28-24(30)29-8-6-7-17(25)13-29)12-26-31(23(21)32)14-20-27-18-11-15(2)10-16(3)22(18)33-20;/h10-12,17H,6-9,13-14,25H2,1-3H3;1H. The third-order valence-electron chi connectivity index (χ3n) is 6.03. The van der Waals surface area contributed by atoms with Crippen molar-refractivity contribution in [3.8, 4) is 11.8 Å². The molecule has 178 valence electrons. The number of benzene rings is 1. The van der Waals surface area contributed by atoms with Crippen LogP contribution >= 0.6 is 12.4 Å². The number of anilines is 1. The number of aromatic nitrogens is 5. The minimum absolute atomic E-state index is 0. The highest BCUT2D eigenvalue weighted by molar-refractivity contribution is 5.85. The number of nitrogens with zero attached hydrogens (tertiary/aromatic N) is 6. The predicted molar refractivity (Wildman–Crippen MR) is 134 cm³/mol. The van der Waals surface area contributed by atoms with Crippen LogP contribution in [0.2, 0.25) is 0 Å². The van der Waals surface area contributed by atoms with Gasteiger partial charge in [-0.2, -0.15) is 5.10 Å². The summed E-state index contributed by atoms with van der Waals surface area (Å²) in [5, 5.41) is 4.36. The Hall–Kier alpha value is -3.35. The smallest absolute Gasteiger partial charge is 0.293 e. The van der Waals surface area contributed by atoms with Crippen molar-refractivity contribution in [3.63, 3.8) is 0 Å². The highest BCUT2D eigenvalue weighted by Crippen LogP contribution is 2.24. The fourth-order valence-corrected chi connectivity index (χ4v) is 4.55. The normalized spacial score (nSPS) is 15.9. The molecular weight excluding hydrogens is 454 g/mol. The molecule has 5 rings (SSSR count). The number of oxazole rings is 1. The minimum atomic E-state index is -0.249. The van der Waals surface area contributed by atoms with Crippen LogP contribution in [0, 0.1) is 25.7 Å². The van der Waals surface area contributed by atoms with Crippen LogP contribution in [-0.4, -0.2) is 43.4 Å². The maximum Gasteiger partial charge on any atom is 0.293 e. The second kappa shape index (κ2) is 9.49. The summed E-state index contributed by atoms with van der Waals surface area (Å²) in [6.07, 6.45) is 3.60. The van der Waals surface area contributed by atoms with Crippen LogP contribution in [0.15, 0.2) is 27.5 Å². The Kier molecular flexibility index (Phi) is 6.64. The van der Waals surface area contributed by atoms with E-state index in [4.69, 9.17) is 15.1 Å². The van der Waals surface area contributed by atoms with Crippen molar-refractivity contribution < 1.29 is 4.42 Å². The van der Waals surface area contributed by atoms with Gasteiger partial charge < -0.3 is 15.1 Å². The highest BCUT2D eigenvalue weighted by atomic mass is 35.5. The van der Waals surface area contributed by atoms with E-state index in [1.165, 1.54) is 4.68 Å². The van der Waals surface area contributed by atoms with Crippen LogP contribution in [0.5, 0.6) is 0 Å². The molecule has 0 amide bonds. The summed E-state index contributed by atoms with van der Waals surface area (Å²) in [4.78, 5) is 24.9. The summed E-state index contributed by atoms with van der Waals surface area (Å²) in [6, 6.07) is 4.11. The van der Waals surface area contributed by atoms with Gasteiger partial charge in [0, 0.05) is 19.1 Å². The fraction of sp³-hybridized carbons (Fsp3) is 0.417. The molecule has 1 saturated heterocycles. The van der Waals surface area contributed by atoms with Gasteiger partial charge in [0.1, 0.15) is 23.1 Å². The third-order valence-corrected chi connectivity index (χ3v) is 6.03. The molecular formula is C24H28ClN7O2. The first-order chi connectivity index (χ1) is 15.9. The van der Waals surface area contributed by atoms with Gasteiger partial charge in [-0.15, -0.1) is 18.3 Å². The topological polar surface area (TPSA) is 108 Å². The zero-order valence-corrected chi connectivity index (χ0v) is 20.4. The van der Waals surface area contributed by atoms with Gasteiger partial charge in [-0.05, 0) is 50.8 Å². The molecule has 1 aliphatic heterocycles. The van der Waals surface area contributed by atoms with E-state index in [0.717, 1.165) is 41.6 Å². The number of hydrogen-bond donors (Lipinski definition) is 1. The van der Waals surface area contributed by atoms with Crippen LogP contribution in [0.3, 0.4) is 0 Å². The summed E-state index contributed by atoms with van der Waals surface area (Å²) in [7, 11) is 0. The average molecular weight is 482 g/mol. The molecule has 0 saturated carbocycles. The van der Waals surface area contributed by atoms with E-state index >= 15 is 0 Å². The summed E-state index contributed by atoms with van der Waals surface area (Å²) >= 11 is 0. The zero-order chi connectivity index (χ0) is 23.1. The van der Waals surface area contributed by atoms with Gasteiger partial charge in [0.2, 0.25) is 11.8 Å². The molecule has 9 nitrogen and oxygen atoms in total. The molecule has 0 spiro atoms. The summed E-state index contributed by atoms with van der Waals surface area (Å²) < 4.78 is 9.21. The van der Waals surface area contributed by atoms with Crippen molar-refractivity contribution >= 4 is 40.5 Å². The molecule has 2 N–H and O–H groups in total. The molecule has 3 aromatic heterocycles. The van der Waals surface area contributed by atoms with E-state index in [1.807, 2.05) is 24.5 Å². The number of rotatable bonds is 4. The van der Waals surface area contributed by atoms with Gasteiger partial charge in [-0.25, -0.2) is 14.6 Å². The first-order valence-electron chi connectivity index (χ1n) is 11.2.